The van der Waals surface area contributed by atoms with Crippen LogP contribution in [0.15, 0.2) is 10.8 Å². The second-order valence-electron chi connectivity index (χ2n) is 4.14. The van der Waals surface area contributed by atoms with E-state index in [-0.39, 0.29) is 18.3 Å². The maximum Gasteiger partial charge on any atom is 0.276 e. The first kappa shape index (κ1) is 14.4. The molecule has 2 aromatic rings. The molecule has 102 valence electrons. The Morgan fingerprint density at radius 2 is 2.16 bits per heavy atom. The molecule has 0 unspecified atom stereocenters. The Morgan fingerprint density at radius 3 is 2.79 bits per heavy atom. The fraction of sp³-hybridized carbons (Fsp3) is 0.364. The van der Waals surface area contributed by atoms with Crippen molar-refractivity contribution >= 4 is 46.1 Å². The quantitative estimate of drug-likeness (QED) is 0.908. The Bertz CT molecular complexity index is 579. The second kappa shape index (κ2) is 5.96. The number of nitrogens with two attached hydrogens (primary N) is 1. The molecule has 0 saturated heterocycles. The van der Waals surface area contributed by atoms with Crippen molar-refractivity contribution in [2.24, 2.45) is 5.73 Å². The number of nitrogens with one attached hydrogen (secondary N) is 1. The van der Waals surface area contributed by atoms with E-state index in [2.05, 4.69) is 15.3 Å². The first-order valence-electron chi connectivity index (χ1n) is 5.67. The van der Waals surface area contributed by atoms with Gasteiger partial charge in [0.2, 0.25) is 0 Å². The molecule has 0 aromatic carbocycles. The van der Waals surface area contributed by atoms with Gasteiger partial charge in [-0.15, -0.1) is 35.1 Å². The number of carbonyl (C=O) groups excluding carboxylic acids is 1. The van der Waals surface area contributed by atoms with Gasteiger partial charge in [0, 0.05) is 23.2 Å². The fourth-order valence-corrected chi connectivity index (χ4v) is 3.02. The number of aromatic nitrogens is 2. The van der Waals surface area contributed by atoms with E-state index >= 15 is 0 Å². The smallest absolute Gasteiger partial charge is 0.276 e. The van der Waals surface area contributed by atoms with Crippen LogP contribution in [0.1, 0.15) is 39.9 Å². The lowest BCUT2D eigenvalue weighted by molar-refractivity contribution is 0.102. The summed E-state index contributed by atoms with van der Waals surface area (Å²) in [6.07, 6.45) is 2.42. The number of hydrogen-bond donors (Lipinski definition) is 2. The molecule has 1 amide bonds. The van der Waals surface area contributed by atoms with E-state index in [1.54, 1.807) is 5.38 Å². The van der Waals surface area contributed by atoms with Crippen LogP contribution in [0.3, 0.4) is 0 Å². The predicted molar refractivity (Wildman–Crippen MR) is 79.3 cm³/mol. The summed E-state index contributed by atoms with van der Waals surface area (Å²) in [4.78, 5) is 20.4. The molecule has 3 rings (SSSR count). The van der Waals surface area contributed by atoms with E-state index in [0.29, 0.717) is 23.3 Å². The maximum absolute atomic E-state index is 11.9. The molecule has 1 aliphatic rings. The lowest BCUT2D eigenvalue weighted by Crippen LogP contribution is -2.12. The standard InChI is InChI=1S/C11H12N4OS2.ClH/c12-3-9-13-8(5-17-9)10(16)15-11-14-7(4-18-11)6-1-2-6;/h4-6H,1-3,12H2,(H,14,15,16);1H. The largest absolute Gasteiger partial charge is 0.325 e. The van der Waals surface area contributed by atoms with Crippen LogP contribution < -0.4 is 11.1 Å². The monoisotopic (exact) mass is 316 g/mol. The Kier molecular flexibility index (Phi) is 4.51. The molecule has 0 aliphatic heterocycles. The van der Waals surface area contributed by atoms with Crippen LogP contribution in [0.5, 0.6) is 0 Å². The van der Waals surface area contributed by atoms with Gasteiger partial charge in [-0.1, -0.05) is 0 Å². The average Bonchev–Trinajstić information content (AvgIpc) is 2.93. The number of amides is 1. The van der Waals surface area contributed by atoms with Gasteiger partial charge in [0.1, 0.15) is 10.7 Å². The zero-order valence-corrected chi connectivity index (χ0v) is 12.4. The molecule has 2 aromatic heterocycles. The molecule has 2 heterocycles. The predicted octanol–water partition coefficient (Wildman–Crippen LogP) is 2.61. The molecule has 8 heteroatoms. The van der Waals surface area contributed by atoms with Crippen LogP contribution in [-0.2, 0) is 6.54 Å². The number of hydrogen-bond acceptors (Lipinski definition) is 6. The SMILES string of the molecule is Cl.NCc1nc(C(=O)Nc2nc(C3CC3)cs2)cs1. The zero-order valence-electron chi connectivity index (χ0n) is 9.96. The van der Waals surface area contributed by atoms with E-state index in [4.69, 9.17) is 5.73 Å². The Hall–Kier alpha value is -1.02. The van der Waals surface area contributed by atoms with Crippen molar-refractivity contribution in [3.63, 3.8) is 0 Å². The highest BCUT2D eigenvalue weighted by Crippen LogP contribution is 2.40. The summed E-state index contributed by atoms with van der Waals surface area (Å²) in [5.74, 6) is 0.387. The van der Waals surface area contributed by atoms with Crippen molar-refractivity contribution in [1.29, 1.82) is 0 Å². The first-order valence-corrected chi connectivity index (χ1v) is 7.43. The van der Waals surface area contributed by atoms with Crippen LogP contribution in [0.4, 0.5) is 5.13 Å². The average molecular weight is 317 g/mol. The lowest BCUT2D eigenvalue weighted by Gasteiger charge is -1.97. The molecule has 0 bridgehead atoms. The van der Waals surface area contributed by atoms with Crippen molar-refractivity contribution in [2.45, 2.75) is 25.3 Å². The topological polar surface area (TPSA) is 80.9 Å². The summed E-state index contributed by atoms with van der Waals surface area (Å²) in [7, 11) is 0. The minimum atomic E-state index is -0.220. The molecule has 1 aliphatic carbocycles. The van der Waals surface area contributed by atoms with E-state index in [1.165, 1.54) is 35.5 Å². The molecule has 0 radical (unpaired) electrons. The van der Waals surface area contributed by atoms with Crippen LogP contribution in [0, 0.1) is 0 Å². The van der Waals surface area contributed by atoms with E-state index in [9.17, 15) is 4.79 Å². The van der Waals surface area contributed by atoms with Crippen molar-refractivity contribution in [3.8, 4) is 0 Å². The van der Waals surface area contributed by atoms with Crippen molar-refractivity contribution in [3.05, 3.63) is 27.2 Å². The maximum atomic E-state index is 11.9. The van der Waals surface area contributed by atoms with Gasteiger partial charge >= 0.3 is 0 Å². The number of nitrogens with zero attached hydrogens (tertiary/aromatic N) is 2. The van der Waals surface area contributed by atoms with Crippen molar-refractivity contribution in [1.82, 2.24) is 9.97 Å². The molecule has 19 heavy (non-hydrogen) atoms. The van der Waals surface area contributed by atoms with Gasteiger partial charge in [-0.25, -0.2) is 9.97 Å². The van der Waals surface area contributed by atoms with Crippen LogP contribution in [-0.4, -0.2) is 15.9 Å². The van der Waals surface area contributed by atoms with Crippen LogP contribution in [0.2, 0.25) is 0 Å². The number of carbonyl (C=O) groups is 1. The zero-order chi connectivity index (χ0) is 12.5. The second-order valence-corrected chi connectivity index (χ2v) is 5.94. The van der Waals surface area contributed by atoms with Gasteiger partial charge in [-0.05, 0) is 12.8 Å². The summed E-state index contributed by atoms with van der Waals surface area (Å²) in [6, 6.07) is 0. The van der Waals surface area contributed by atoms with Crippen molar-refractivity contribution in [2.75, 3.05) is 5.32 Å². The third-order valence-corrected chi connectivity index (χ3v) is 4.34. The Morgan fingerprint density at radius 1 is 1.37 bits per heavy atom. The summed E-state index contributed by atoms with van der Waals surface area (Å²) in [5, 5.41) is 7.90. The molecule has 1 fully saturated rings. The minimum Gasteiger partial charge on any atom is -0.325 e. The van der Waals surface area contributed by atoms with Gasteiger partial charge in [-0.3, -0.25) is 10.1 Å². The van der Waals surface area contributed by atoms with Gasteiger partial charge < -0.3 is 5.73 Å². The van der Waals surface area contributed by atoms with E-state index in [1.807, 2.05) is 5.38 Å². The van der Waals surface area contributed by atoms with Gasteiger partial charge in [0.05, 0.1) is 5.69 Å². The lowest BCUT2D eigenvalue weighted by atomic mass is 10.3. The van der Waals surface area contributed by atoms with E-state index in [0.717, 1.165) is 10.7 Å². The highest BCUT2D eigenvalue weighted by atomic mass is 35.5. The molecule has 1 saturated carbocycles. The van der Waals surface area contributed by atoms with Gasteiger partial charge in [0.25, 0.3) is 5.91 Å². The number of halogens is 1. The first-order chi connectivity index (χ1) is 8.76. The number of rotatable bonds is 4. The Labute approximate surface area is 124 Å². The molecule has 0 atom stereocenters. The fourth-order valence-electron chi connectivity index (χ4n) is 1.58. The number of anilines is 1. The van der Waals surface area contributed by atoms with Crippen LogP contribution >= 0.6 is 35.1 Å². The molecule has 5 nitrogen and oxygen atoms in total. The normalized spacial score (nSPS) is 13.9. The molecular weight excluding hydrogens is 304 g/mol. The third kappa shape index (κ3) is 3.30. The van der Waals surface area contributed by atoms with Gasteiger partial charge in [-0.2, -0.15) is 0 Å². The van der Waals surface area contributed by atoms with E-state index < -0.39 is 0 Å². The summed E-state index contributed by atoms with van der Waals surface area (Å²) in [5.41, 5.74) is 6.97. The van der Waals surface area contributed by atoms with Crippen LogP contribution in [0.25, 0.3) is 0 Å². The molecule has 3 N–H and O–H groups in total. The number of thiazole rings is 2. The highest BCUT2D eigenvalue weighted by Gasteiger charge is 2.26. The Balaban J connectivity index is 0.00000133. The third-order valence-electron chi connectivity index (χ3n) is 2.70. The highest BCUT2D eigenvalue weighted by molar-refractivity contribution is 7.14. The summed E-state index contributed by atoms with van der Waals surface area (Å²) < 4.78 is 0. The minimum absolute atomic E-state index is 0. The molecule has 0 spiro atoms. The summed E-state index contributed by atoms with van der Waals surface area (Å²) >= 11 is 2.86. The summed E-state index contributed by atoms with van der Waals surface area (Å²) in [6.45, 7) is 0.362. The molecular formula is C11H13ClN4OS2. The van der Waals surface area contributed by atoms with Gasteiger partial charge in [0.15, 0.2) is 5.13 Å². The van der Waals surface area contributed by atoms with Crippen molar-refractivity contribution < 1.29 is 4.79 Å².